The van der Waals surface area contributed by atoms with Crippen molar-refractivity contribution in [2.75, 3.05) is 13.2 Å². The summed E-state index contributed by atoms with van der Waals surface area (Å²) in [5.41, 5.74) is 6.56. The molecule has 0 aliphatic heterocycles. The molecule has 1 unspecified atom stereocenters. The SMILES string of the molecule is CCOC(=O)CNC(=O)C(Cc1ccccc1)C(N)=S. The maximum absolute atomic E-state index is 12.0. The summed E-state index contributed by atoms with van der Waals surface area (Å²) < 4.78 is 4.73. The third kappa shape index (κ3) is 5.36. The van der Waals surface area contributed by atoms with Gasteiger partial charge in [-0.1, -0.05) is 42.5 Å². The van der Waals surface area contributed by atoms with Gasteiger partial charge in [-0.3, -0.25) is 9.59 Å². The van der Waals surface area contributed by atoms with Gasteiger partial charge in [0.2, 0.25) is 5.91 Å². The Bertz CT molecular complexity index is 477. The van der Waals surface area contributed by atoms with Gasteiger partial charge in [-0.2, -0.15) is 0 Å². The Morgan fingerprint density at radius 1 is 1.35 bits per heavy atom. The molecule has 1 atom stereocenters. The largest absolute Gasteiger partial charge is 0.465 e. The molecule has 0 aliphatic carbocycles. The van der Waals surface area contributed by atoms with Crippen molar-refractivity contribution in [1.82, 2.24) is 5.32 Å². The number of hydrogen-bond donors (Lipinski definition) is 2. The number of ether oxygens (including phenoxy) is 1. The van der Waals surface area contributed by atoms with Crippen molar-refractivity contribution in [3.05, 3.63) is 35.9 Å². The maximum Gasteiger partial charge on any atom is 0.325 e. The van der Waals surface area contributed by atoms with E-state index < -0.39 is 11.9 Å². The summed E-state index contributed by atoms with van der Waals surface area (Å²) in [7, 11) is 0. The number of amides is 1. The third-order valence-corrected chi connectivity index (χ3v) is 2.94. The minimum absolute atomic E-state index is 0.107. The molecule has 0 spiro atoms. The van der Waals surface area contributed by atoms with Crippen molar-refractivity contribution in [1.29, 1.82) is 0 Å². The van der Waals surface area contributed by atoms with Crippen LogP contribution in [0.4, 0.5) is 0 Å². The minimum Gasteiger partial charge on any atom is -0.465 e. The zero-order valence-corrected chi connectivity index (χ0v) is 12.1. The van der Waals surface area contributed by atoms with Crippen LogP contribution < -0.4 is 11.1 Å². The second-order valence-electron chi connectivity index (χ2n) is 4.17. The zero-order chi connectivity index (χ0) is 15.0. The van der Waals surface area contributed by atoms with E-state index in [2.05, 4.69) is 5.32 Å². The summed E-state index contributed by atoms with van der Waals surface area (Å²) in [5.74, 6) is -1.49. The highest BCUT2D eigenvalue weighted by Crippen LogP contribution is 2.09. The molecular formula is C14H18N2O3S. The summed E-state index contributed by atoms with van der Waals surface area (Å²) in [4.78, 5) is 23.3. The van der Waals surface area contributed by atoms with Crippen molar-refractivity contribution in [3.8, 4) is 0 Å². The van der Waals surface area contributed by atoms with Crippen LogP contribution in [0.3, 0.4) is 0 Å². The van der Waals surface area contributed by atoms with Gasteiger partial charge in [0.15, 0.2) is 0 Å². The van der Waals surface area contributed by atoms with Gasteiger partial charge in [0.05, 0.1) is 17.5 Å². The Kier molecular flexibility index (Phi) is 6.66. The number of thiocarbonyl (C=S) groups is 1. The van der Waals surface area contributed by atoms with Crippen molar-refractivity contribution >= 4 is 29.1 Å². The Labute approximate surface area is 123 Å². The average molecular weight is 294 g/mol. The molecule has 0 aromatic heterocycles. The molecular weight excluding hydrogens is 276 g/mol. The number of rotatable bonds is 7. The van der Waals surface area contributed by atoms with Gasteiger partial charge in [-0.15, -0.1) is 0 Å². The fourth-order valence-electron chi connectivity index (χ4n) is 1.67. The number of carbonyl (C=O) groups is 2. The molecule has 1 rings (SSSR count). The Morgan fingerprint density at radius 3 is 2.55 bits per heavy atom. The molecule has 1 aromatic rings. The van der Waals surface area contributed by atoms with Crippen LogP contribution in [0.1, 0.15) is 12.5 Å². The lowest BCUT2D eigenvalue weighted by Crippen LogP contribution is -2.41. The molecule has 0 fully saturated rings. The molecule has 0 bridgehead atoms. The fourth-order valence-corrected chi connectivity index (χ4v) is 1.86. The summed E-state index contributed by atoms with van der Waals surface area (Å²) >= 11 is 4.92. The first-order valence-electron chi connectivity index (χ1n) is 6.31. The van der Waals surface area contributed by atoms with Crippen molar-refractivity contribution in [3.63, 3.8) is 0 Å². The second kappa shape index (κ2) is 8.27. The average Bonchev–Trinajstić information content (AvgIpc) is 2.43. The highest BCUT2D eigenvalue weighted by Gasteiger charge is 2.22. The molecule has 5 nitrogen and oxygen atoms in total. The van der Waals surface area contributed by atoms with Crippen LogP contribution in [-0.2, 0) is 20.7 Å². The summed E-state index contributed by atoms with van der Waals surface area (Å²) in [6, 6.07) is 9.43. The van der Waals surface area contributed by atoms with E-state index in [9.17, 15) is 9.59 Å². The molecule has 3 N–H and O–H groups in total. The van der Waals surface area contributed by atoms with Gasteiger partial charge in [-0.25, -0.2) is 0 Å². The molecule has 20 heavy (non-hydrogen) atoms. The van der Waals surface area contributed by atoms with Gasteiger partial charge in [0, 0.05) is 0 Å². The minimum atomic E-state index is -0.637. The van der Waals surface area contributed by atoms with E-state index in [0.717, 1.165) is 5.56 Å². The Balaban J connectivity index is 2.60. The highest BCUT2D eigenvalue weighted by atomic mass is 32.1. The number of carbonyl (C=O) groups excluding carboxylic acids is 2. The topological polar surface area (TPSA) is 81.4 Å². The number of nitrogens with two attached hydrogens (primary N) is 1. The van der Waals surface area contributed by atoms with Gasteiger partial charge in [0.1, 0.15) is 6.54 Å². The number of nitrogens with one attached hydrogen (secondary N) is 1. The predicted octanol–water partition coefficient (Wildman–Crippen LogP) is 0.811. The van der Waals surface area contributed by atoms with E-state index in [1.165, 1.54) is 0 Å². The van der Waals surface area contributed by atoms with Crippen molar-refractivity contribution in [2.45, 2.75) is 13.3 Å². The maximum atomic E-state index is 12.0. The standard InChI is InChI=1S/C14H18N2O3S/c1-2-19-12(17)9-16-14(18)11(13(15)20)8-10-6-4-3-5-7-10/h3-7,11H,2,8-9H2,1H3,(H2,15,20)(H,16,18). The third-order valence-electron chi connectivity index (χ3n) is 2.65. The molecule has 1 aromatic carbocycles. The monoisotopic (exact) mass is 294 g/mol. The smallest absolute Gasteiger partial charge is 0.325 e. The molecule has 6 heteroatoms. The van der Waals surface area contributed by atoms with Gasteiger partial charge < -0.3 is 15.8 Å². The zero-order valence-electron chi connectivity index (χ0n) is 11.3. The number of esters is 1. The van der Waals surface area contributed by atoms with Crippen LogP contribution in [0.15, 0.2) is 30.3 Å². The van der Waals surface area contributed by atoms with E-state index in [1.54, 1.807) is 6.92 Å². The van der Waals surface area contributed by atoms with Gasteiger partial charge in [-0.05, 0) is 18.9 Å². The molecule has 0 aliphatic rings. The number of benzene rings is 1. The summed E-state index contributed by atoms with van der Waals surface area (Å²) in [6.07, 6.45) is 0.408. The molecule has 0 saturated carbocycles. The summed E-state index contributed by atoms with van der Waals surface area (Å²) in [5, 5.41) is 2.49. The molecule has 1 amide bonds. The van der Waals surface area contributed by atoms with Crippen molar-refractivity contribution in [2.24, 2.45) is 11.7 Å². The molecule has 0 saturated heterocycles. The molecule has 0 radical (unpaired) electrons. The van der Waals surface area contributed by atoms with Crippen LogP contribution in [0, 0.1) is 5.92 Å². The highest BCUT2D eigenvalue weighted by molar-refractivity contribution is 7.80. The number of hydrogen-bond acceptors (Lipinski definition) is 4. The van der Waals surface area contributed by atoms with E-state index in [-0.39, 0.29) is 24.0 Å². The second-order valence-corrected chi connectivity index (χ2v) is 4.64. The van der Waals surface area contributed by atoms with E-state index in [0.29, 0.717) is 6.42 Å². The predicted molar refractivity (Wildman–Crippen MR) is 80.1 cm³/mol. The van der Waals surface area contributed by atoms with Crippen LogP contribution in [0.5, 0.6) is 0 Å². The van der Waals surface area contributed by atoms with Crippen molar-refractivity contribution < 1.29 is 14.3 Å². The van der Waals surface area contributed by atoms with Gasteiger partial charge in [0.25, 0.3) is 0 Å². The van der Waals surface area contributed by atoms with Gasteiger partial charge >= 0.3 is 5.97 Å². The first-order valence-corrected chi connectivity index (χ1v) is 6.72. The summed E-state index contributed by atoms with van der Waals surface area (Å²) in [6.45, 7) is 1.80. The normalized spacial score (nSPS) is 11.4. The van der Waals surface area contributed by atoms with E-state index in [4.69, 9.17) is 22.7 Å². The van der Waals surface area contributed by atoms with E-state index >= 15 is 0 Å². The molecule has 108 valence electrons. The quantitative estimate of drug-likeness (QED) is 0.574. The lowest BCUT2D eigenvalue weighted by molar-refractivity contribution is -0.143. The van der Waals surface area contributed by atoms with Crippen LogP contribution >= 0.6 is 12.2 Å². The Morgan fingerprint density at radius 2 is 2.00 bits per heavy atom. The first kappa shape index (κ1) is 16.1. The Hall–Kier alpha value is -1.95. The van der Waals surface area contributed by atoms with Crippen LogP contribution in [0.2, 0.25) is 0 Å². The lowest BCUT2D eigenvalue weighted by atomic mass is 9.98. The fraction of sp³-hybridized carbons (Fsp3) is 0.357. The van der Waals surface area contributed by atoms with Crippen LogP contribution in [-0.4, -0.2) is 30.0 Å². The molecule has 0 heterocycles. The first-order chi connectivity index (χ1) is 9.54. The van der Waals surface area contributed by atoms with E-state index in [1.807, 2.05) is 30.3 Å². The lowest BCUT2D eigenvalue weighted by Gasteiger charge is -2.15. The van der Waals surface area contributed by atoms with Crippen LogP contribution in [0.25, 0.3) is 0 Å².